The van der Waals surface area contributed by atoms with Crippen LogP contribution in [0.5, 0.6) is 0 Å². The molecule has 2 N–H and O–H groups in total. The predicted octanol–water partition coefficient (Wildman–Crippen LogP) is 6.29. The Hall–Kier alpha value is -2.03. The molecule has 9 heteroatoms. The van der Waals surface area contributed by atoms with Gasteiger partial charge in [0.15, 0.2) is 0 Å². The average molecular weight is 654 g/mol. The molecule has 9 nitrogen and oxygen atoms in total. The van der Waals surface area contributed by atoms with Gasteiger partial charge in [0.25, 0.3) is 0 Å². The van der Waals surface area contributed by atoms with Gasteiger partial charge in [-0.3, -0.25) is 4.79 Å². The van der Waals surface area contributed by atoms with Crippen LogP contribution in [-0.4, -0.2) is 73.1 Å². The van der Waals surface area contributed by atoms with Crippen molar-refractivity contribution in [3.8, 4) is 0 Å². The number of amides is 3. The summed E-state index contributed by atoms with van der Waals surface area (Å²) in [5.74, 6) is 3.32. The molecule has 5 saturated carbocycles. The second-order valence-electron chi connectivity index (χ2n) is 18.2. The minimum absolute atomic E-state index is 0.0163. The van der Waals surface area contributed by atoms with Crippen LogP contribution in [0.25, 0.3) is 0 Å². The number of hydrogen-bond acceptors (Lipinski definition) is 6. The Labute approximate surface area is 281 Å². The maximum atomic E-state index is 13.0. The monoisotopic (exact) mass is 653 g/mol. The molecule has 3 saturated heterocycles. The quantitative estimate of drug-likeness (QED) is 0.362. The van der Waals surface area contributed by atoms with Gasteiger partial charge in [-0.1, -0.05) is 41.5 Å². The number of rotatable bonds is 5. The topological polar surface area (TPSA) is 106 Å². The third-order valence-corrected chi connectivity index (χ3v) is 16.2. The first-order valence-electron chi connectivity index (χ1n) is 19.2. The Morgan fingerprint density at radius 1 is 0.957 bits per heavy atom. The van der Waals surface area contributed by atoms with Gasteiger partial charge in [0.1, 0.15) is 18.2 Å². The van der Waals surface area contributed by atoms with Crippen LogP contribution in [-0.2, 0) is 19.0 Å². The largest absolute Gasteiger partial charge is 0.446 e. The second-order valence-corrected chi connectivity index (χ2v) is 18.2. The molecule has 8 rings (SSSR count). The van der Waals surface area contributed by atoms with E-state index in [0.717, 1.165) is 51.1 Å². The molecule has 8 fully saturated rings. The van der Waals surface area contributed by atoms with Gasteiger partial charge in [-0.25, -0.2) is 9.59 Å². The summed E-state index contributed by atoms with van der Waals surface area (Å²) in [5.41, 5.74) is 0.903. The van der Waals surface area contributed by atoms with Gasteiger partial charge in [-0.15, -0.1) is 0 Å². The van der Waals surface area contributed by atoms with E-state index in [0.29, 0.717) is 52.9 Å². The standard InChI is InChI=1S/C38H59N3O6/c1-21(2)31(47-34(44)41-18-7-19-41)27-10-8-24-28(45-27)20-25-23-9-11-29-35(4,5)30(46-33(43)40-26-13-17-39-32(26)42)12-14-38(29)22(3)37(23,38)16-15-36(24,25)6/h21-31H,7-20H2,1-6H3,(H,39,42)(H,40,43)/t22-,23?,24-,25?,26-,27?,28?,29-,30-,31+,36+,37-,38?/m0/s1. The summed E-state index contributed by atoms with van der Waals surface area (Å²) in [6.07, 6.45) is 11.4. The molecule has 262 valence electrons. The Balaban J connectivity index is 0.971. The molecule has 3 aliphatic heterocycles. The third kappa shape index (κ3) is 4.45. The highest BCUT2D eigenvalue weighted by atomic mass is 16.6. The van der Waals surface area contributed by atoms with Crippen molar-refractivity contribution in [1.29, 1.82) is 0 Å². The van der Waals surface area contributed by atoms with Crippen LogP contribution < -0.4 is 10.6 Å². The number of ether oxygens (including phenoxy) is 3. The van der Waals surface area contributed by atoms with Crippen LogP contribution in [0.15, 0.2) is 0 Å². The third-order valence-electron chi connectivity index (χ3n) is 16.2. The first-order valence-corrected chi connectivity index (χ1v) is 19.2. The van der Waals surface area contributed by atoms with E-state index in [-0.39, 0.29) is 47.7 Å². The smallest absolute Gasteiger partial charge is 0.410 e. The van der Waals surface area contributed by atoms with Crippen molar-refractivity contribution in [3.05, 3.63) is 0 Å². The minimum atomic E-state index is -0.481. The van der Waals surface area contributed by atoms with Crippen molar-refractivity contribution < 1.29 is 28.6 Å². The van der Waals surface area contributed by atoms with E-state index in [1.807, 2.05) is 4.90 Å². The molecule has 0 bridgehead atoms. The average Bonchev–Trinajstić information content (AvgIpc) is 3.21. The van der Waals surface area contributed by atoms with Crippen molar-refractivity contribution >= 4 is 18.1 Å². The number of fused-ring (bicyclic) bond motifs is 4. The summed E-state index contributed by atoms with van der Waals surface area (Å²) in [7, 11) is 0. The number of alkyl carbamates (subject to hydrolysis) is 1. The molecule has 5 unspecified atom stereocenters. The molecule has 0 aromatic heterocycles. The van der Waals surface area contributed by atoms with E-state index in [9.17, 15) is 14.4 Å². The molecule has 2 spiro atoms. The summed E-state index contributed by atoms with van der Waals surface area (Å²) in [5, 5.41) is 5.63. The van der Waals surface area contributed by atoms with E-state index in [4.69, 9.17) is 14.2 Å². The molecule has 0 radical (unpaired) electrons. The highest BCUT2D eigenvalue weighted by Crippen LogP contribution is 2.89. The lowest BCUT2D eigenvalue weighted by Gasteiger charge is -2.59. The molecular formula is C38H59N3O6. The fourth-order valence-electron chi connectivity index (χ4n) is 13.8. The summed E-state index contributed by atoms with van der Waals surface area (Å²) in [6, 6.07) is -0.481. The minimum Gasteiger partial charge on any atom is -0.446 e. The molecule has 5 aliphatic carbocycles. The second kappa shape index (κ2) is 11.0. The maximum absolute atomic E-state index is 13.0. The number of carbonyl (C=O) groups excluding carboxylic acids is 3. The van der Waals surface area contributed by atoms with Crippen LogP contribution in [0.1, 0.15) is 112 Å². The lowest BCUT2D eigenvalue weighted by Crippen LogP contribution is -2.55. The lowest BCUT2D eigenvalue weighted by molar-refractivity contribution is -0.151. The summed E-state index contributed by atoms with van der Waals surface area (Å²) < 4.78 is 19.3. The van der Waals surface area contributed by atoms with E-state index < -0.39 is 12.1 Å². The van der Waals surface area contributed by atoms with Gasteiger partial charge in [-0.2, -0.15) is 0 Å². The van der Waals surface area contributed by atoms with Gasteiger partial charge in [0, 0.05) is 25.0 Å². The van der Waals surface area contributed by atoms with Crippen LogP contribution in [0, 0.1) is 57.2 Å². The highest BCUT2D eigenvalue weighted by Gasteiger charge is 2.85. The van der Waals surface area contributed by atoms with Crippen molar-refractivity contribution in [1.82, 2.24) is 15.5 Å². The molecule has 0 aromatic carbocycles. The van der Waals surface area contributed by atoms with Crippen molar-refractivity contribution in [2.24, 2.45) is 57.2 Å². The van der Waals surface area contributed by atoms with E-state index in [2.05, 4.69) is 52.2 Å². The van der Waals surface area contributed by atoms with Gasteiger partial charge in [0.05, 0.1) is 12.2 Å². The van der Waals surface area contributed by atoms with E-state index >= 15 is 0 Å². The van der Waals surface area contributed by atoms with Gasteiger partial charge >= 0.3 is 12.2 Å². The normalized spacial score (nSPS) is 48.0. The van der Waals surface area contributed by atoms with Crippen molar-refractivity contribution in [3.63, 3.8) is 0 Å². The zero-order valence-corrected chi connectivity index (χ0v) is 29.6. The molecule has 13 atom stereocenters. The SMILES string of the molecule is CC(C)[C@@H](OC(=O)N1CCC1)C1CC[C@H]2C(CC3C4CC[C@H]5C(C)(C)[C@@H](OC(=O)N[C@H]6CCNC6=O)CCC56[C@@H](C)[C@@]46CC[C@@]32C)O1. The predicted molar refractivity (Wildman–Crippen MR) is 176 cm³/mol. The summed E-state index contributed by atoms with van der Waals surface area (Å²) >= 11 is 0. The number of nitrogens with zero attached hydrogens (tertiary/aromatic N) is 1. The lowest BCUT2D eigenvalue weighted by atomic mass is 9.46. The molecular weight excluding hydrogens is 594 g/mol. The molecule has 3 heterocycles. The van der Waals surface area contributed by atoms with Gasteiger partial charge < -0.3 is 29.7 Å². The Morgan fingerprint density at radius 3 is 2.40 bits per heavy atom. The van der Waals surface area contributed by atoms with E-state index in [1.165, 1.54) is 32.1 Å². The maximum Gasteiger partial charge on any atom is 0.410 e. The number of hydrogen-bond donors (Lipinski definition) is 2. The molecule has 0 aromatic rings. The highest BCUT2D eigenvalue weighted by molar-refractivity contribution is 5.87. The van der Waals surface area contributed by atoms with Gasteiger partial charge in [0.2, 0.25) is 5.91 Å². The van der Waals surface area contributed by atoms with Crippen molar-refractivity contribution in [2.45, 2.75) is 143 Å². The summed E-state index contributed by atoms with van der Waals surface area (Å²) in [4.78, 5) is 39.7. The van der Waals surface area contributed by atoms with Gasteiger partial charge in [-0.05, 0) is 122 Å². The molecule has 47 heavy (non-hydrogen) atoms. The zero-order chi connectivity index (χ0) is 33.1. The molecule has 8 aliphatic rings. The number of likely N-dealkylation sites (tertiary alicyclic amines) is 1. The fourth-order valence-corrected chi connectivity index (χ4v) is 13.8. The summed E-state index contributed by atoms with van der Waals surface area (Å²) in [6.45, 7) is 16.4. The first kappa shape index (κ1) is 32.2. The number of carbonyl (C=O) groups is 3. The van der Waals surface area contributed by atoms with Crippen LogP contribution in [0.2, 0.25) is 0 Å². The first-order chi connectivity index (χ1) is 22.3. The fraction of sp³-hybridized carbons (Fsp3) is 0.921. The Bertz CT molecular complexity index is 1300. The van der Waals surface area contributed by atoms with Crippen LogP contribution in [0.4, 0.5) is 9.59 Å². The Morgan fingerprint density at radius 2 is 1.72 bits per heavy atom. The number of nitrogens with one attached hydrogen (secondary N) is 2. The van der Waals surface area contributed by atoms with Crippen LogP contribution >= 0.6 is 0 Å². The van der Waals surface area contributed by atoms with E-state index in [1.54, 1.807) is 0 Å². The van der Waals surface area contributed by atoms with Crippen LogP contribution in [0.3, 0.4) is 0 Å². The van der Waals surface area contributed by atoms with Crippen molar-refractivity contribution in [2.75, 3.05) is 19.6 Å². The zero-order valence-electron chi connectivity index (χ0n) is 29.6. The Kier molecular flexibility index (Phi) is 7.52. The molecule has 3 amide bonds.